The molecule has 2 rings (SSSR count). The molecule has 0 aliphatic carbocycles. The zero-order valence-electron chi connectivity index (χ0n) is 10.3. The van der Waals surface area contributed by atoms with Crippen LogP contribution in [-0.2, 0) is 6.54 Å². The van der Waals surface area contributed by atoms with Crippen molar-refractivity contribution in [3.05, 3.63) is 58.6 Å². The first-order chi connectivity index (χ1) is 8.79. The largest absolute Gasteiger partial charge is 0.313 e. The van der Waals surface area contributed by atoms with Gasteiger partial charge in [0.05, 0.1) is 0 Å². The van der Waals surface area contributed by atoms with Gasteiger partial charge in [0.1, 0.15) is 0 Å². The quantitative estimate of drug-likeness (QED) is 0.855. The van der Waals surface area contributed by atoms with Crippen LogP contribution in [0.1, 0.15) is 12.5 Å². The van der Waals surface area contributed by atoms with E-state index in [9.17, 15) is 0 Å². The molecule has 0 bridgehead atoms. The maximum Gasteiger partial charge on any atom is 0.0216 e. The molecule has 0 unspecified atom stereocenters. The van der Waals surface area contributed by atoms with E-state index < -0.39 is 0 Å². The van der Waals surface area contributed by atoms with E-state index in [1.807, 2.05) is 17.8 Å². The summed E-state index contributed by atoms with van der Waals surface area (Å²) in [6, 6.07) is 16.9. The minimum atomic E-state index is 0.916. The summed E-state index contributed by atoms with van der Waals surface area (Å²) in [7, 11) is 0. The van der Waals surface area contributed by atoms with Crippen LogP contribution in [0.5, 0.6) is 0 Å². The van der Waals surface area contributed by atoms with Gasteiger partial charge in [-0.05, 0) is 36.4 Å². The van der Waals surface area contributed by atoms with E-state index in [1.165, 1.54) is 15.4 Å². The Balaban J connectivity index is 2.22. The first-order valence-electron chi connectivity index (χ1n) is 6.01. The predicted molar refractivity (Wildman–Crippen MR) is 82.1 cm³/mol. The second-order valence-corrected chi connectivity index (χ2v) is 5.98. The summed E-state index contributed by atoms with van der Waals surface area (Å²) < 4.78 is 1.13. The zero-order chi connectivity index (χ0) is 12.8. The Morgan fingerprint density at radius 2 is 1.89 bits per heavy atom. The summed E-state index contributed by atoms with van der Waals surface area (Å²) in [4.78, 5) is 2.57. The maximum atomic E-state index is 3.54. The highest BCUT2D eigenvalue weighted by Crippen LogP contribution is 2.32. The number of hydrogen-bond donors (Lipinski definition) is 1. The van der Waals surface area contributed by atoms with Crippen LogP contribution in [0.15, 0.2) is 62.8 Å². The van der Waals surface area contributed by atoms with Gasteiger partial charge in [0.2, 0.25) is 0 Å². The Morgan fingerprint density at radius 1 is 1.11 bits per heavy atom. The summed E-state index contributed by atoms with van der Waals surface area (Å²) in [6.45, 7) is 4.04. The van der Waals surface area contributed by atoms with E-state index >= 15 is 0 Å². The molecule has 0 fully saturated rings. The van der Waals surface area contributed by atoms with Crippen LogP contribution in [-0.4, -0.2) is 6.54 Å². The van der Waals surface area contributed by atoms with Crippen LogP contribution in [0.2, 0.25) is 0 Å². The lowest BCUT2D eigenvalue weighted by Gasteiger charge is -2.10. The lowest BCUT2D eigenvalue weighted by molar-refractivity contribution is 0.718. The van der Waals surface area contributed by atoms with Gasteiger partial charge in [-0.3, -0.25) is 0 Å². The fourth-order valence-electron chi connectivity index (χ4n) is 1.64. The van der Waals surface area contributed by atoms with Crippen molar-refractivity contribution in [3.63, 3.8) is 0 Å². The highest BCUT2D eigenvalue weighted by atomic mass is 79.9. The third-order valence-corrected chi connectivity index (χ3v) is 4.17. The molecule has 0 aliphatic heterocycles. The Hall–Kier alpha value is -0.770. The van der Waals surface area contributed by atoms with Crippen LogP contribution in [0.4, 0.5) is 0 Å². The maximum absolute atomic E-state index is 3.54. The topological polar surface area (TPSA) is 12.0 Å². The summed E-state index contributed by atoms with van der Waals surface area (Å²) in [6.07, 6.45) is 0. The Kier molecular flexibility index (Phi) is 5.29. The fourth-order valence-corrected chi connectivity index (χ4v) is 3.16. The standard InChI is InChI=1S/C15H16BrNS/c1-2-17-11-12-8-9-13(16)10-15(12)18-14-6-4-3-5-7-14/h3-10,17H,2,11H2,1H3. The first-order valence-corrected chi connectivity index (χ1v) is 7.62. The number of benzene rings is 2. The molecule has 0 saturated carbocycles. The van der Waals surface area contributed by atoms with Crippen molar-refractivity contribution >= 4 is 27.7 Å². The molecule has 0 aliphatic rings. The lowest BCUT2D eigenvalue weighted by Crippen LogP contribution is -2.12. The van der Waals surface area contributed by atoms with Crippen molar-refractivity contribution in [2.75, 3.05) is 6.54 Å². The summed E-state index contributed by atoms with van der Waals surface area (Å²) >= 11 is 5.35. The van der Waals surface area contributed by atoms with Crippen LogP contribution < -0.4 is 5.32 Å². The molecule has 0 spiro atoms. The van der Waals surface area contributed by atoms with Gasteiger partial charge in [-0.25, -0.2) is 0 Å². The molecule has 2 aromatic rings. The molecule has 0 radical (unpaired) electrons. The Morgan fingerprint density at radius 3 is 2.61 bits per heavy atom. The van der Waals surface area contributed by atoms with Gasteiger partial charge in [0.15, 0.2) is 0 Å². The first kappa shape index (κ1) is 13.7. The average molecular weight is 322 g/mol. The molecule has 94 valence electrons. The van der Waals surface area contributed by atoms with Crippen molar-refractivity contribution < 1.29 is 0 Å². The van der Waals surface area contributed by atoms with E-state index in [4.69, 9.17) is 0 Å². The molecule has 2 aromatic carbocycles. The molecule has 0 amide bonds. The minimum Gasteiger partial charge on any atom is -0.313 e. The number of hydrogen-bond acceptors (Lipinski definition) is 2. The third-order valence-electron chi connectivity index (χ3n) is 2.57. The van der Waals surface area contributed by atoms with E-state index in [0.29, 0.717) is 0 Å². The lowest BCUT2D eigenvalue weighted by atomic mass is 10.2. The molecule has 1 nitrogen and oxygen atoms in total. The molecule has 1 N–H and O–H groups in total. The van der Waals surface area contributed by atoms with Crippen molar-refractivity contribution in [1.82, 2.24) is 5.32 Å². The van der Waals surface area contributed by atoms with Gasteiger partial charge in [0, 0.05) is 20.8 Å². The molecule has 0 saturated heterocycles. The highest BCUT2D eigenvalue weighted by molar-refractivity contribution is 9.10. The molecular weight excluding hydrogens is 306 g/mol. The smallest absolute Gasteiger partial charge is 0.0216 e. The summed E-state index contributed by atoms with van der Waals surface area (Å²) in [5, 5.41) is 3.38. The van der Waals surface area contributed by atoms with Crippen molar-refractivity contribution in [2.24, 2.45) is 0 Å². The van der Waals surface area contributed by atoms with Crippen molar-refractivity contribution in [1.29, 1.82) is 0 Å². The van der Waals surface area contributed by atoms with Crippen molar-refractivity contribution in [2.45, 2.75) is 23.3 Å². The zero-order valence-corrected chi connectivity index (χ0v) is 12.7. The van der Waals surface area contributed by atoms with Crippen LogP contribution >= 0.6 is 27.7 Å². The Labute approximate surface area is 121 Å². The van der Waals surface area contributed by atoms with Gasteiger partial charge in [-0.15, -0.1) is 0 Å². The fraction of sp³-hybridized carbons (Fsp3) is 0.200. The minimum absolute atomic E-state index is 0.916. The predicted octanol–water partition coefficient (Wildman–Crippen LogP) is 4.71. The summed E-state index contributed by atoms with van der Waals surface area (Å²) in [5.74, 6) is 0. The van der Waals surface area contributed by atoms with E-state index in [-0.39, 0.29) is 0 Å². The number of nitrogens with one attached hydrogen (secondary N) is 1. The third kappa shape index (κ3) is 3.87. The number of halogens is 1. The van der Waals surface area contributed by atoms with Gasteiger partial charge in [-0.1, -0.05) is 58.9 Å². The molecular formula is C15H16BrNS. The van der Waals surface area contributed by atoms with Gasteiger partial charge >= 0.3 is 0 Å². The van der Waals surface area contributed by atoms with E-state index in [0.717, 1.165) is 17.6 Å². The van der Waals surface area contributed by atoms with Gasteiger partial charge in [0.25, 0.3) is 0 Å². The van der Waals surface area contributed by atoms with Crippen molar-refractivity contribution in [3.8, 4) is 0 Å². The Bertz CT molecular complexity index is 499. The molecule has 18 heavy (non-hydrogen) atoms. The van der Waals surface area contributed by atoms with Crippen LogP contribution in [0.3, 0.4) is 0 Å². The number of rotatable bonds is 5. The monoisotopic (exact) mass is 321 g/mol. The second-order valence-electron chi connectivity index (χ2n) is 3.95. The average Bonchev–Trinajstić information content (AvgIpc) is 2.39. The molecule has 0 atom stereocenters. The van der Waals surface area contributed by atoms with Gasteiger partial charge in [-0.2, -0.15) is 0 Å². The molecule has 3 heteroatoms. The highest BCUT2D eigenvalue weighted by Gasteiger charge is 2.05. The second kappa shape index (κ2) is 6.98. The van der Waals surface area contributed by atoms with Gasteiger partial charge < -0.3 is 5.32 Å². The summed E-state index contributed by atoms with van der Waals surface area (Å²) in [5.41, 5.74) is 1.34. The molecule has 0 heterocycles. The van der Waals surface area contributed by atoms with E-state index in [2.05, 4.69) is 70.6 Å². The van der Waals surface area contributed by atoms with E-state index in [1.54, 1.807) is 0 Å². The van der Waals surface area contributed by atoms with Crippen LogP contribution in [0.25, 0.3) is 0 Å². The van der Waals surface area contributed by atoms with Crippen LogP contribution in [0, 0.1) is 0 Å². The molecule has 0 aromatic heterocycles. The SMILES string of the molecule is CCNCc1ccc(Br)cc1Sc1ccccc1. The normalized spacial score (nSPS) is 10.6.